The van der Waals surface area contributed by atoms with Gasteiger partial charge in [-0.3, -0.25) is 4.79 Å². The molecule has 18 heavy (non-hydrogen) atoms. The van der Waals surface area contributed by atoms with Crippen LogP contribution in [0.2, 0.25) is 0 Å². The lowest BCUT2D eigenvalue weighted by Gasteiger charge is -2.15. The highest BCUT2D eigenvalue weighted by atomic mass is 16.5. The summed E-state index contributed by atoms with van der Waals surface area (Å²) in [5, 5.41) is 9.02. The van der Waals surface area contributed by atoms with Crippen molar-refractivity contribution in [1.82, 2.24) is 0 Å². The third-order valence-electron chi connectivity index (χ3n) is 3.29. The molecule has 1 aromatic rings. The molecule has 3 heteroatoms. The maximum Gasteiger partial charge on any atom is 0.309 e. The number of carboxylic acids is 1. The molecule has 2 rings (SSSR count). The molecule has 1 saturated carbocycles. The molecule has 0 aliphatic heterocycles. The fourth-order valence-electron chi connectivity index (χ4n) is 2.34. The minimum Gasteiger partial charge on any atom is -0.481 e. The SMILES string of the molecule is O=C(O)C1CCCC1OCC=Cc1ccccc1. The molecule has 0 saturated heterocycles. The van der Waals surface area contributed by atoms with Crippen molar-refractivity contribution in [2.24, 2.45) is 5.92 Å². The van der Waals surface area contributed by atoms with Crippen molar-refractivity contribution in [1.29, 1.82) is 0 Å². The van der Waals surface area contributed by atoms with Crippen LogP contribution in [0.4, 0.5) is 0 Å². The summed E-state index contributed by atoms with van der Waals surface area (Å²) in [5.74, 6) is -1.06. The zero-order valence-corrected chi connectivity index (χ0v) is 10.3. The van der Waals surface area contributed by atoms with Crippen molar-refractivity contribution in [3.05, 3.63) is 42.0 Å². The Balaban J connectivity index is 1.78. The van der Waals surface area contributed by atoms with E-state index in [9.17, 15) is 4.79 Å². The van der Waals surface area contributed by atoms with Crippen molar-refractivity contribution < 1.29 is 14.6 Å². The normalized spacial score (nSPS) is 23.6. The molecule has 0 radical (unpaired) electrons. The van der Waals surface area contributed by atoms with Gasteiger partial charge in [-0.1, -0.05) is 42.5 Å². The number of aliphatic carboxylic acids is 1. The topological polar surface area (TPSA) is 46.5 Å². The molecule has 2 unspecified atom stereocenters. The van der Waals surface area contributed by atoms with E-state index < -0.39 is 5.97 Å². The molecule has 0 spiro atoms. The van der Waals surface area contributed by atoms with E-state index in [1.54, 1.807) is 0 Å². The number of rotatable bonds is 5. The summed E-state index contributed by atoms with van der Waals surface area (Å²) in [5.41, 5.74) is 1.13. The molecule has 1 aliphatic carbocycles. The summed E-state index contributed by atoms with van der Waals surface area (Å²) in [6.45, 7) is 0.476. The van der Waals surface area contributed by atoms with Gasteiger partial charge in [0.15, 0.2) is 0 Å². The molecule has 2 atom stereocenters. The highest BCUT2D eigenvalue weighted by molar-refractivity contribution is 5.71. The van der Waals surface area contributed by atoms with E-state index in [4.69, 9.17) is 9.84 Å². The van der Waals surface area contributed by atoms with E-state index in [-0.39, 0.29) is 12.0 Å². The number of benzene rings is 1. The molecule has 1 aliphatic rings. The molecular weight excluding hydrogens is 228 g/mol. The highest BCUT2D eigenvalue weighted by Crippen LogP contribution is 2.28. The second-order valence-corrected chi connectivity index (χ2v) is 4.56. The molecule has 0 aromatic heterocycles. The predicted molar refractivity (Wildman–Crippen MR) is 70.2 cm³/mol. The molecule has 1 aromatic carbocycles. The predicted octanol–water partition coefficient (Wildman–Crippen LogP) is 2.97. The van der Waals surface area contributed by atoms with Crippen LogP contribution in [0.3, 0.4) is 0 Å². The Morgan fingerprint density at radius 1 is 1.33 bits per heavy atom. The van der Waals surface area contributed by atoms with E-state index >= 15 is 0 Å². The molecule has 0 bridgehead atoms. The van der Waals surface area contributed by atoms with Gasteiger partial charge in [-0.05, 0) is 24.8 Å². The molecule has 1 N–H and O–H groups in total. The Morgan fingerprint density at radius 2 is 2.11 bits per heavy atom. The van der Waals surface area contributed by atoms with Gasteiger partial charge < -0.3 is 9.84 Å². The summed E-state index contributed by atoms with van der Waals surface area (Å²) in [4.78, 5) is 11.0. The summed E-state index contributed by atoms with van der Waals surface area (Å²) in [7, 11) is 0. The van der Waals surface area contributed by atoms with Crippen LogP contribution in [0.5, 0.6) is 0 Å². The smallest absolute Gasteiger partial charge is 0.309 e. The first-order valence-corrected chi connectivity index (χ1v) is 6.33. The minimum absolute atomic E-state index is 0.122. The Hall–Kier alpha value is -1.61. The van der Waals surface area contributed by atoms with Crippen LogP contribution in [-0.4, -0.2) is 23.8 Å². The lowest BCUT2D eigenvalue weighted by molar-refractivity contribution is -0.145. The van der Waals surface area contributed by atoms with Crippen molar-refractivity contribution in [3.8, 4) is 0 Å². The van der Waals surface area contributed by atoms with E-state index in [1.807, 2.05) is 42.5 Å². The average Bonchev–Trinajstić information content (AvgIpc) is 2.84. The van der Waals surface area contributed by atoms with Crippen LogP contribution in [0.1, 0.15) is 24.8 Å². The minimum atomic E-state index is -0.732. The highest BCUT2D eigenvalue weighted by Gasteiger charge is 2.33. The van der Waals surface area contributed by atoms with E-state index in [2.05, 4.69) is 0 Å². The number of carbonyl (C=O) groups is 1. The lowest BCUT2D eigenvalue weighted by Crippen LogP contribution is -2.25. The van der Waals surface area contributed by atoms with Crippen LogP contribution in [-0.2, 0) is 9.53 Å². The zero-order valence-electron chi connectivity index (χ0n) is 10.3. The number of carboxylic acid groups (broad SMARTS) is 1. The quantitative estimate of drug-likeness (QED) is 0.868. The molecule has 0 amide bonds. The van der Waals surface area contributed by atoms with Crippen molar-refractivity contribution in [2.75, 3.05) is 6.61 Å². The van der Waals surface area contributed by atoms with Gasteiger partial charge in [0.2, 0.25) is 0 Å². The molecule has 96 valence electrons. The summed E-state index contributed by atoms with van der Waals surface area (Å²) < 4.78 is 5.63. The molecule has 3 nitrogen and oxygen atoms in total. The molecule has 1 fully saturated rings. The third kappa shape index (κ3) is 3.44. The van der Waals surface area contributed by atoms with Crippen molar-refractivity contribution >= 4 is 12.0 Å². The maximum atomic E-state index is 11.0. The Labute approximate surface area is 107 Å². The standard InChI is InChI=1S/C15H18O3/c16-15(17)13-9-4-10-14(13)18-11-5-8-12-6-2-1-3-7-12/h1-3,5-8,13-14H,4,9-11H2,(H,16,17). The van der Waals surface area contributed by atoms with Crippen molar-refractivity contribution in [2.45, 2.75) is 25.4 Å². The first-order chi connectivity index (χ1) is 8.77. The number of hydrogen-bond donors (Lipinski definition) is 1. The van der Waals surface area contributed by atoms with Gasteiger partial charge >= 0.3 is 5.97 Å². The molecule has 0 heterocycles. The lowest BCUT2D eigenvalue weighted by atomic mass is 10.1. The van der Waals surface area contributed by atoms with E-state index in [0.717, 1.165) is 24.8 Å². The Bertz CT molecular complexity index is 411. The van der Waals surface area contributed by atoms with Crippen LogP contribution in [0, 0.1) is 5.92 Å². The number of ether oxygens (including phenoxy) is 1. The van der Waals surface area contributed by atoms with Gasteiger partial charge in [-0.25, -0.2) is 0 Å². The van der Waals surface area contributed by atoms with Crippen molar-refractivity contribution in [3.63, 3.8) is 0 Å². The van der Waals surface area contributed by atoms with Crippen LogP contribution in [0.25, 0.3) is 6.08 Å². The second kappa shape index (κ2) is 6.36. The van der Waals surface area contributed by atoms with Gasteiger partial charge in [0, 0.05) is 0 Å². The Kier molecular flexibility index (Phi) is 4.53. The van der Waals surface area contributed by atoms with Crippen LogP contribution < -0.4 is 0 Å². The van der Waals surface area contributed by atoms with E-state index in [1.165, 1.54) is 0 Å². The molecular formula is C15H18O3. The van der Waals surface area contributed by atoms with E-state index in [0.29, 0.717) is 6.61 Å². The third-order valence-corrected chi connectivity index (χ3v) is 3.29. The average molecular weight is 246 g/mol. The largest absolute Gasteiger partial charge is 0.481 e. The summed E-state index contributed by atoms with van der Waals surface area (Å²) in [6.07, 6.45) is 6.35. The first-order valence-electron chi connectivity index (χ1n) is 6.33. The summed E-state index contributed by atoms with van der Waals surface area (Å²) >= 11 is 0. The van der Waals surface area contributed by atoms with Gasteiger partial charge in [-0.2, -0.15) is 0 Å². The van der Waals surface area contributed by atoms with Gasteiger partial charge in [0.05, 0.1) is 18.6 Å². The monoisotopic (exact) mass is 246 g/mol. The maximum absolute atomic E-state index is 11.0. The summed E-state index contributed by atoms with van der Waals surface area (Å²) in [6, 6.07) is 9.98. The first kappa shape index (κ1) is 12.8. The Morgan fingerprint density at radius 3 is 2.83 bits per heavy atom. The van der Waals surface area contributed by atoms with Crippen LogP contribution in [0.15, 0.2) is 36.4 Å². The fraction of sp³-hybridized carbons (Fsp3) is 0.400. The van der Waals surface area contributed by atoms with Gasteiger partial charge in [-0.15, -0.1) is 0 Å². The van der Waals surface area contributed by atoms with Gasteiger partial charge in [0.25, 0.3) is 0 Å². The van der Waals surface area contributed by atoms with Gasteiger partial charge in [0.1, 0.15) is 0 Å². The fourth-order valence-corrected chi connectivity index (χ4v) is 2.34. The van der Waals surface area contributed by atoms with Crippen LogP contribution >= 0.6 is 0 Å². The second-order valence-electron chi connectivity index (χ2n) is 4.56. The number of hydrogen-bond acceptors (Lipinski definition) is 2. The zero-order chi connectivity index (χ0) is 12.8.